The van der Waals surface area contributed by atoms with E-state index in [1.165, 1.54) is 32.4 Å². The lowest BCUT2D eigenvalue weighted by molar-refractivity contribution is 0.0440. The molecule has 0 atom stereocenters. The Balaban J connectivity index is 1.65. The molecule has 26 heavy (non-hydrogen) atoms. The normalized spacial score (nSPS) is 11.7. The Morgan fingerprint density at radius 1 is 1.19 bits per heavy atom. The van der Waals surface area contributed by atoms with Crippen molar-refractivity contribution in [1.82, 2.24) is 14.1 Å². The molecule has 136 valence electrons. The molecule has 0 N–H and O–H groups in total. The van der Waals surface area contributed by atoms with Crippen LogP contribution in [0.5, 0.6) is 0 Å². The van der Waals surface area contributed by atoms with E-state index < -0.39 is 16.0 Å². The maximum atomic E-state index is 12.1. The van der Waals surface area contributed by atoms with Crippen LogP contribution in [-0.4, -0.2) is 42.6 Å². The van der Waals surface area contributed by atoms with Crippen LogP contribution < -0.4 is 0 Å². The van der Waals surface area contributed by atoms with Gasteiger partial charge in [-0.2, -0.15) is 5.10 Å². The number of aromatic nitrogens is 2. The number of hydrogen-bond donors (Lipinski definition) is 0. The summed E-state index contributed by atoms with van der Waals surface area (Å²) in [6.45, 7) is -0.182. The Kier molecular flexibility index (Phi) is 4.92. The summed E-state index contributed by atoms with van der Waals surface area (Å²) in [6.07, 6.45) is 2.96. The van der Waals surface area contributed by atoms with Crippen LogP contribution in [0, 0.1) is 0 Å². The lowest BCUT2D eigenvalue weighted by atomic mass is 10.3. The number of esters is 1. The quantitative estimate of drug-likeness (QED) is 0.612. The van der Waals surface area contributed by atoms with Gasteiger partial charge in [0, 0.05) is 20.3 Å². The van der Waals surface area contributed by atoms with Crippen LogP contribution in [0.1, 0.15) is 16.1 Å². The summed E-state index contributed by atoms with van der Waals surface area (Å²) in [7, 11) is -0.852. The number of para-hydroxylation sites is 1. The van der Waals surface area contributed by atoms with Crippen molar-refractivity contribution in [2.24, 2.45) is 0 Å². The molecule has 0 amide bonds. The third kappa shape index (κ3) is 3.68. The van der Waals surface area contributed by atoms with Gasteiger partial charge in [-0.05, 0) is 24.3 Å². The fourth-order valence-corrected chi connectivity index (χ4v) is 2.94. The Bertz CT molecular complexity index is 1010. The maximum Gasteiger partial charge on any atom is 0.341 e. The number of carbonyl (C=O) groups is 1. The zero-order valence-electron chi connectivity index (χ0n) is 14.2. The average molecular weight is 375 g/mol. The molecule has 9 heteroatoms. The molecule has 3 rings (SSSR count). The summed E-state index contributed by atoms with van der Waals surface area (Å²) in [4.78, 5) is 12.1. The molecule has 0 fully saturated rings. The number of hydrogen-bond acceptors (Lipinski definition) is 6. The van der Waals surface area contributed by atoms with Crippen LogP contribution in [0.25, 0.3) is 5.69 Å². The van der Waals surface area contributed by atoms with E-state index in [0.29, 0.717) is 0 Å². The Labute approximate surface area is 150 Å². The molecule has 0 aliphatic rings. The maximum absolute atomic E-state index is 12.1. The first kappa shape index (κ1) is 17.9. The SMILES string of the molecule is CN(C)S(=O)(=O)c1ccc(COC(=O)c2cnn(-c3ccccc3)c2)o1. The first-order valence-electron chi connectivity index (χ1n) is 7.66. The lowest BCUT2D eigenvalue weighted by Crippen LogP contribution is -2.21. The summed E-state index contributed by atoms with van der Waals surface area (Å²) in [5, 5.41) is 3.92. The Hall–Kier alpha value is -2.91. The van der Waals surface area contributed by atoms with Gasteiger partial charge in [-0.25, -0.2) is 22.2 Å². The second-order valence-electron chi connectivity index (χ2n) is 5.59. The van der Waals surface area contributed by atoms with Crippen molar-refractivity contribution in [3.05, 3.63) is 66.2 Å². The molecule has 0 unspecified atom stereocenters. The number of sulfonamides is 1. The summed E-state index contributed by atoms with van der Waals surface area (Å²) in [6, 6.07) is 12.1. The van der Waals surface area contributed by atoms with Crippen LogP contribution in [0.2, 0.25) is 0 Å². The van der Waals surface area contributed by atoms with E-state index in [0.717, 1.165) is 9.99 Å². The summed E-state index contributed by atoms with van der Waals surface area (Å²) >= 11 is 0. The van der Waals surface area contributed by atoms with Gasteiger partial charge in [0.25, 0.3) is 10.0 Å². The summed E-state index contributed by atoms with van der Waals surface area (Å²) in [5.74, 6) is -0.352. The number of ether oxygens (including phenoxy) is 1. The van der Waals surface area contributed by atoms with Crippen molar-refractivity contribution in [1.29, 1.82) is 0 Å². The van der Waals surface area contributed by atoms with Crippen molar-refractivity contribution in [3.63, 3.8) is 0 Å². The van der Waals surface area contributed by atoms with Gasteiger partial charge in [0.05, 0.1) is 17.4 Å². The molecule has 0 aliphatic carbocycles. The van der Waals surface area contributed by atoms with E-state index >= 15 is 0 Å². The number of rotatable bonds is 6. The van der Waals surface area contributed by atoms with E-state index in [9.17, 15) is 13.2 Å². The van der Waals surface area contributed by atoms with E-state index in [-0.39, 0.29) is 23.0 Å². The van der Waals surface area contributed by atoms with Gasteiger partial charge in [-0.1, -0.05) is 18.2 Å². The molecular weight excluding hydrogens is 358 g/mol. The van der Waals surface area contributed by atoms with Crippen LogP contribution in [0.4, 0.5) is 0 Å². The standard InChI is InChI=1S/C17H17N3O5S/c1-19(2)26(22,23)16-9-8-15(25-16)12-24-17(21)13-10-18-20(11-13)14-6-4-3-5-7-14/h3-11H,12H2,1-2H3. The first-order chi connectivity index (χ1) is 12.4. The first-order valence-corrected chi connectivity index (χ1v) is 9.10. The van der Waals surface area contributed by atoms with E-state index in [1.54, 1.807) is 10.9 Å². The molecule has 0 saturated heterocycles. The molecule has 8 nitrogen and oxygen atoms in total. The molecule has 0 radical (unpaired) electrons. The van der Waals surface area contributed by atoms with E-state index in [4.69, 9.17) is 9.15 Å². The Morgan fingerprint density at radius 3 is 2.62 bits per heavy atom. The zero-order chi connectivity index (χ0) is 18.7. The minimum atomic E-state index is -3.66. The molecule has 0 saturated carbocycles. The highest BCUT2D eigenvalue weighted by Crippen LogP contribution is 2.18. The molecule has 0 spiro atoms. The zero-order valence-corrected chi connectivity index (χ0v) is 15.0. The predicted octanol–water partition coefficient (Wildman–Crippen LogP) is 2.07. The van der Waals surface area contributed by atoms with Crippen molar-refractivity contribution >= 4 is 16.0 Å². The van der Waals surface area contributed by atoms with Gasteiger partial charge in [0.2, 0.25) is 5.09 Å². The second kappa shape index (κ2) is 7.14. The molecule has 2 heterocycles. The van der Waals surface area contributed by atoms with Crippen molar-refractivity contribution in [3.8, 4) is 5.69 Å². The molecule has 3 aromatic rings. The van der Waals surface area contributed by atoms with Gasteiger partial charge >= 0.3 is 5.97 Å². The number of nitrogens with zero attached hydrogens (tertiary/aromatic N) is 3. The highest BCUT2D eigenvalue weighted by atomic mass is 32.2. The third-order valence-corrected chi connectivity index (χ3v) is 5.25. The van der Waals surface area contributed by atoms with Crippen molar-refractivity contribution < 1.29 is 22.4 Å². The summed E-state index contributed by atoms with van der Waals surface area (Å²) < 4.78 is 36.9. The van der Waals surface area contributed by atoms with Crippen LogP contribution in [-0.2, 0) is 21.4 Å². The minimum Gasteiger partial charge on any atom is -0.454 e. The predicted molar refractivity (Wildman–Crippen MR) is 92.3 cm³/mol. The molecule has 1 aromatic carbocycles. The van der Waals surface area contributed by atoms with Crippen LogP contribution >= 0.6 is 0 Å². The monoisotopic (exact) mass is 375 g/mol. The number of furan rings is 1. The average Bonchev–Trinajstić information content (AvgIpc) is 3.30. The van der Waals surface area contributed by atoms with Crippen molar-refractivity contribution in [2.45, 2.75) is 11.7 Å². The topological polar surface area (TPSA) is 94.6 Å². The van der Waals surface area contributed by atoms with Gasteiger partial charge < -0.3 is 9.15 Å². The third-order valence-electron chi connectivity index (χ3n) is 3.56. The molecular formula is C17H17N3O5S. The van der Waals surface area contributed by atoms with Gasteiger partial charge in [-0.15, -0.1) is 0 Å². The van der Waals surface area contributed by atoms with Crippen LogP contribution in [0.3, 0.4) is 0 Å². The Morgan fingerprint density at radius 2 is 1.92 bits per heavy atom. The second-order valence-corrected chi connectivity index (χ2v) is 7.68. The lowest BCUT2D eigenvalue weighted by Gasteiger charge is -2.07. The molecule has 2 aromatic heterocycles. The van der Waals surface area contributed by atoms with Gasteiger partial charge in [0.15, 0.2) is 0 Å². The number of carbonyl (C=O) groups excluding carboxylic acids is 1. The fraction of sp³-hybridized carbons (Fsp3) is 0.176. The largest absolute Gasteiger partial charge is 0.454 e. The van der Waals surface area contributed by atoms with E-state index in [1.807, 2.05) is 30.3 Å². The van der Waals surface area contributed by atoms with Gasteiger partial charge in [-0.3, -0.25) is 0 Å². The summed E-state index contributed by atoms with van der Waals surface area (Å²) in [5.41, 5.74) is 1.10. The van der Waals surface area contributed by atoms with E-state index in [2.05, 4.69) is 5.10 Å². The molecule has 0 bridgehead atoms. The fourth-order valence-electron chi connectivity index (χ4n) is 2.12. The van der Waals surface area contributed by atoms with Gasteiger partial charge in [0.1, 0.15) is 12.4 Å². The number of benzene rings is 1. The smallest absolute Gasteiger partial charge is 0.341 e. The highest BCUT2D eigenvalue weighted by Gasteiger charge is 2.22. The van der Waals surface area contributed by atoms with Crippen LogP contribution in [0.15, 0.2) is 64.4 Å². The highest BCUT2D eigenvalue weighted by molar-refractivity contribution is 7.88. The van der Waals surface area contributed by atoms with Crippen molar-refractivity contribution in [2.75, 3.05) is 14.1 Å². The molecule has 0 aliphatic heterocycles. The minimum absolute atomic E-state index is 0.182.